The van der Waals surface area contributed by atoms with Gasteiger partial charge < -0.3 is 5.11 Å². The van der Waals surface area contributed by atoms with Crippen LogP contribution in [0.1, 0.15) is 5.56 Å². The van der Waals surface area contributed by atoms with E-state index in [1.165, 1.54) is 0 Å². The largest absolute Gasteiger partial charge is 0.478 e. The van der Waals surface area contributed by atoms with E-state index >= 15 is 0 Å². The van der Waals surface area contributed by atoms with Gasteiger partial charge in [-0.3, -0.25) is 9.97 Å². The fourth-order valence-electron chi connectivity index (χ4n) is 2.34. The highest BCUT2D eigenvalue weighted by Crippen LogP contribution is 2.28. The van der Waals surface area contributed by atoms with E-state index in [9.17, 15) is 4.79 Å². The Morgan fingerprint density at radius 3 is 1.70 bits per heavy atom. The Hall–Kier alpha value is -3.27. The standard InChI is InChI=1S/C19H14N2O2/c22-19(23)2-1-14-11-17(15-3-7-20-8-4-15)13-18(12-14)16-5-9-21-10-6-16/h1-13H,(H,22,23). The molecule has 0 aliphatic carbocycles. The molecular weight excluding hydrogens is 288 g/mol. The number of aliphatic carboxylic acids is 1. The molecule has 0 fully saturated rings. The molecule has 4 heteroatoms. The highest BCUT2D eigenvalue weighted by Gasteiger charge is 2.04. The van der Waals surface area contributed by atoms with Crippen molar-refractivity contribution in [3.63, 3.8) is 0 Å². The molecule has 1 aromatic carbocycles. The van der Waals surface area contributed by atoms with Crippen LogP contribution in [0, 0.1) is 0 Å². The second-order valence-corrected chi connectivity index (χ2v) is 4.99. The predicted molar refractivity (Wildman–Crippen MR) is 89.6 cm³/mol. The quantitative estimate of drug-likeness (QED) is 0.742. The van der Waals surface area contributed by atoms with Gasteiger partial charge in [-0.25, -0.2) is 4.79 Å². The first-order valence-corrected chi connectivity index (χ1v) is 7.09. The summed E-state index contributed by atoms with van der Waals surface area (Å²) in [5.41, 5.74) is 4.90. The lowest BCUT2D eigenvalue weighted by molar-refractivity contribution is -0.131. The van der Waals surface area contributed by atoms with E-state index in [0.29, 0.717) is 0 Å². The molecule has 3 rings (SSSR count). The van der Waals surface area contributed by atoms with Crippen molar-refractivity contribution in [2.24, 2.45) is 0 Å². The lowest BCUT2D eigenvalue weighted by Crippen LogP contribution is -1.88. The number of aromatic nitrogens is 2. The molecule has 0 bridgehead atoms. The summed E-state index contributed by atoms with van der Waals surface area (Å²) in [5, 5.41) is 8.84. The molecule has 23 heavy (non-hydrogen) atoms. The van der Waals surface area contributed by atoms with Crippen molar-refractivity contribution < 1.29 is 9.90 Å². The Morgan fingerprint density at radius 1 is 0.783 bits per heavy atom. The SMILES string of the molecule is O=C(O)C=Cc1cc(-c2ccncc2)cc(-c2ccncc2)c1. The molecule has 2 heterocycles. The fraction of sp³-hybridized carbons (Fsp3) is 0. The number of carbonyl (C=O) groups is 1. The second kappa shape index (κ2) is 6.66. The third-order valence-corrected chi connectivity index (χ3v) is 3.40. The minimum atomic E-state index is -0.968. The molecule has 0 radical (unpaired) electrons. The zero-order valence-electron chi connectivity index (χ0n) is 12.3. The lowest BCUT2D eigenvalue weighted by Gasteiger charge is -2.08. The van der Waals surface area contributed by atoms with Crippen LogP contribution in [0.25, 0.3) is 28.3 Å². The van der Waals surface area contributed by atoms with Gasteiger partial charge >= 0.3 is 5.97 Å². The molecular formula is C19H14N2O2. The molecule has 4 nitrogen and oxygen atoms in total. The van der Waals surface area contributed by atoms with Crippen LogP contribution in [0.5, 0.6) is 0 Å². The molecule has 0 aliphatic heterocycles. The summed E-state index contributed by atoms with van der Waals surface area (Å²) in [6, 6.07) is 13.7. The average Bonchev–Trinajstić information content (AvgIpc) is 2.61. The maximum absolute atomic E-state index is 10.8. The lowest BCUT2D eigenvalue weighted by atomic mass is 9.97. The number of carboxylic acids is 1. The third kappa shape index (κ3) is 3.68. The van der Waals surface area contributed by atoms with E-state index in [-0.39, 0.29) is 0 Å². The molecule has 112 valence electrons. The van der Waals surface area contributed by atoms with E-state index in [2.05, 4.69) is 16.0 Å². The van der Waals surface area contributed by atoms with Gasteiger partial charge in [-0.1, -0.05) is 0 Å². The normalized spacial score (nSPS) is 10.8. The van der Waals surface area contributed by atoms with Crippen molar-refractivity contribution >= 4 is 12.0 Å². The van der Waals surface area contributed by atoms with E-state index < -0.39 is 5.97 Å². The zero-order chi connectivity index (χ0) is 16.1. The van der Waals surface area contributed by atoms with Crippen LogP contribution in [-0.4, -0.2) is 21.0 Å². The number of pyridine rings is 2. The summed E-state index contributed by atoms with van der Waals surface area (Å²) in [5.74, 6) is -0.968. The van der Waals surface area contributed by atoms with Crippen molar-refractivity contribution in [2.45, 2.75) is 0 Å². The molecule has 0 amide bonds. The molecule has 3 aromatic rings. The van der Waals surface area contributed by atoms with Gasteiger partial charge in [-0.2, -0.15) is 0 Å². The molecule has 2 aromatic heterocycles. The van der Waals surface area contributed by atoms with E-state index in [4.69, 9.17) is 5.11 Å². The molecule has 1 N–H and O–H groups in total. The smallest absolute Gasteiger partial charge is 0.328 e. The molecule has 0 aliphatic rings. The summed E-state index contributed by atoms with van der Waals surface area (Å²) >= 11 is 0. The van der Waals surface area contributed by atoms with Crippen LogP contribution in [-0.2, 0) is 4.79 Å². The number of nitrogens with zero attached hydrogens (tertiary/aromatic N) is 2. The maximum Gasteiger partial charge on any atom is 0.328 e. The monoisotopic (exact) mass is 302 g/mol. The van der Waals surface area contributed by atoms with Gasteiger partial charge in [0.15, 0.2) is 0 Å². The van der Waals surface area contributed by atoms with Crippen molar-refractivity contribution in [1.29, 1.82) is 0 Å². The van der Waals surface area contributed by atoms with Gasteiger partial charge in [-0.05, 0) is 76.4 Å². The Labute approximate surface area is 133 Å². The summed E-state index contributed by atoms with van der Waals surface area (Å²) < 4.78 is 0. The second-order valence-electron chi connectivity index (χ2n) is 4.99. The fourth-order valence-corrected chi connectivity index (χ4v) is 2.34. The average molecular weight is 302 g/mol. The summed E-state index contributed by atoms with van der Waals surface area (Å²) in [6.45, 7) is 0. The van der Waals surface area contributed by atoms with Crippen molar-refractivity contribution in [3.8, 4) is 22.3 Å². The Kier molecular flexibility index (Phi) is 4.25. The van der Waals surface area contributed by atoms with E-state index in [1.54, 1.807) is 30.9 Å². The summed E-state index contributed by atoms with van der Waals surface area (Å²) in [7, 11) is 0. The van der Waals surface area contributed by atoms with Crippen LogP contribution in [0.4, 0.5) is 0 Å². The number of hydrogen-bond acceptors (Lipinski definition) is 3. The molecule has 0 saturated heterocycles. The van der Waals surface area contributed by atoms with Gasteiger partial charge in [0.05, 0.1) is 0 Å². The van der Waals surface area contributed by atoms with Crippen LogP contribution in [0.3, 0.4) is 0 Å². The van der Waals surface area contributed by atoms with Crippen LogP contribution >= 0.6 is 0 Å². The summed E-state index contributed by atoms with van der Waals surface area (Å²) in [4.78, 5) is 18.8. The van der Waals surface area contributed by atoms with E-state index in [0.717, 1.165) is 33.9 Å². The third-order valence-electron chi connectivity index (χ3n) is 3.40. The first-order chi connectivity index (χ1) is 11.2. The number of benzene rings is 1. The topological polar surface area (TPSA) is 63.1 Å². The van der Waals surface area contributed by atoms with Crippen molar-refractivity contribution in [3.05, 3.63) is 78.9 Å². The molecule has 0 unspecified atom stereocenters. The highest BCUT2D eigenvalue weighted by atomic mass is 16.4. The molecule has 0 atom stereocenters. The van der Waals surface area contributed by atoms with Crippen LogP contribution in [0.2, 0.25) is 0 Å². The Bertz CT molecular complexity index is 786. The van der Waals surface area contributed by atoms with Crippen molar-refractivity contribution in [1.82, 2.24) is 9.97 Å². The number of rotatable bonds is 4. The van der Waals surface area contributed by atoms with Crippen molar-refractivity contribution in [2.75, 3.05) is 0 Å². The van der Waals surface area contributed by atoms with E-state index in [1.807, 2.05) is 36.4 Å². The minimum absolute atomic E-state index is 0.827. The van der Waals surface area contributed by atoms with Gasteiger partial charge in [0.2, 0.25) is 0 Å². The maximum atomic E-state index is 10.8. The zero-order valence-corrected chi connectivity index (χ0v) is 12.3. The van der Waals surface area contributed by atoms with Gasteiger partial charge in [-0.15, -0.1) is 0 Å². The van der Waals surface area contributed by atoms with Gasteiger partial charge in [0.1, 0.15) is 0 Å². The predicted octanol–water partition coefficient (Wildman–Crippen LogP) is 3.91. The van der Waals surface area contributed by atoms with Gasteiger partial charge in [0.25, 0.3) is 0 Å². The number of hydrogen-bond donors (Lipinski definition) is 1. The Morgan fingerprint density at radius 2 is 1.26 bits per heavy atom. The summed E-state index contributed by atoms with van der Waals surface area (Å²) in [6.07, 6.45) is 9.69. The molecule has 0 saturated carbocycles. The van der Waals surface area contributed by atoms with Gasteiger partial charge in [0, 0.05) is 30.9 Å². The first kappa shape index (κ1) is 14.7. The first-order valence-electron chi connectivity index (χ1n) is 7.09. The Balaban J connectivity index is 2.13. The highest BCUT2D eigenvalue weighted by molar-refractivity contribution is 5.86. The minimum Gasteiger partial charge on any atom is -0.478 e. The molecule has 0 spiro atoms. The van der Waals surface area contributed by atoms with Crippen LogP contribution in [0.15, 0.2) is 73.3 Å². The number of carboxylic acid groups (broad SMARTS) is 1. The van der Waals surface area contributed by atoms with Crippen LogP contribution < -0.4 is 0 Å².